The van der Waals surface area contributed by atoms with Crippen LogP contribution in [0.5, 0.6) is 0 Å². The Morgan fingerprint density at radius 1 is 1.18 bits per heavy atom. The normalized spacial score (nSPS) is 14.5. The topological polar surface area (TPSA) is 98.9 Å². The fourth-order valence-corrected chi connectivity index (χ4v) is 1.18. The zero-order valence-corrected chi connectivity index (χ0v) is 9.26. The molecule has 1 aliphatic heterocycles. The fraction of sp³-hybridized carbons (Fsp3) is 0.500. The summed E-state index contributed by atoms with van der Waals surface area (Å²) in [4.78, 5) is 33.9. The lowest BCUT2D eigenvalue weighted by Gasteiger charge is -2.13. The van der Waals surface area contributed by atoms with E-state index in [0.717, 1.165) is 4.90 Å². The van der Waals surface area contributed by atoms with E-state index in [-0.39, 0.29) is 44.7 Å². The molecule has 0 radical (unpaired) electrons. The average molecular weight is 242 g/mol. The molecule has 7 nitrogen and oxygen atoms in total. The number of hydrogen-bond donors (Lipinski definition) is 1. The third kappa shape index (κ3) is 4.33. The van der Waals surface area contributed by atoms with Gasteiger partial charge in [0.05, 0.1) is 26.3 Å². The van der Waals surface area contributed by atoms with E-state index in [9.17, 15) is 14.4 Å². The summed E-state index contributed by atoms with van der Waals surface area (Å²) in [5.74, 6) is -1.18. The number of carbonyl (C=O) groups excluding carboxylic acids is 3. The molecule has 2 amide bonds. The third-order valence-electron chi connectivity index (χ3n) is 2.02. The summed E-state index contributed by atoms with van der Waals surface area (Å²) in [5.41, 5.74) is 5.02. The molecule has 0 unspecified atom stereocenters. The van der Waals surface area contributed by atoms with Crippen molar-refractivity contribution < 1.29 is 23.9 Å². The molecule has 0 aromatic rings. The van der Waals surface area contributed by atoms with Crippen LogP contribution >= 0.6 is 0 Å². The van der Waals surface area contributed by atoms with Crippen LogP contribution in [0.15, 0.2) is 12.2 Å². The molecule has 0 aliphatic carbocycles. The fourth-order valence-electron chi connectivity index (χ4n) is 1.18. The molecule has 0 aromatic heterocycles. The lowest BCUT2D eigenvalue weighted by molar-refractivity contribution is -0.143. The van der Waals surface area contributed by atoms with Crippen LogP contribution in [-0.2, 0) is 23.9 Å². The maximum absolute atomic E-state index is 11.1. The van der Waals surface area contributed by atoms with Gasteiger partial charge in [-0.1, -0.05) is 0 Å². The van der Waals surface area contributed by atoms with Gasteiger partial charge in [0.25, 0.3) is 11.8 Å². The van der Waals surface area contributed by atoms with Gasteiger partial charge in [0.1, 0.15) is 6.61 Å². The summed E-state index contributed by atoms with van der Waals surface area (Å²) in [6.45, 7) is 0.544. The van der Waals surface area contributed by atoms with Crippen LogP contribution in [0.4, 0.5) is 0 Å². The molecule has 0 fully saturated rings. The number of hydrogen-bond acceptors (Lipinski definition) is 6. The van der Waals surface area contributed by atoms with Gasteiger partial charge in [0, 0.05) is 12.2 Å². The number of rotatable bonds is 7. The van der Waals surface area contributed by atoms with Crippen molar-refractivity contribution in [2.24, 2.45) is 5.73 Å². The van der Waals surface area contributed by atoms with Gasteiger partial charge in [-0.2, -0.15) is 0 Å². The van der Waals surface area contributed by atoms with Gasteiger partial charge >= 0.3 is 5.97 Å². The lowest BCUT2D eigenvalue weighted by atomic mass is 10.5. The van der Waals surface area contributed by atoms with Crippen LogP contribution in [0.3, 0.4) is 0 Å². The largest absolute Gasteiger partial charge is 0.462 e. The molecule has 7 heteroatoms. The van der Waals surface area contributed by atoms with Crippen molar-refractivity contribution in [3.05, 3.63) is 12.2 Å². The van der Waals surface area contributed by atoms with Crippen LogP contribution < -0.4 is 5.73 Å². The summed E-state index contributed by atoms with van der Waals surface area (Å²) >= 11 is 0. The molecule has 0 saturated heterocycles. The van der Waals surface area contributed by atoms with Gasteiger partial charge in [0.2, 0.25) is 0 Å². The smallest absolute Gasteiger partial charge is 0.319 e. The van der Waals surface area contributed by atoms with Crippen LogP contribution in [0.2, 0.25) is 0 Å². The van der Waals surface area contributed by atoms with E-state index in [4.69, 9.17) is 10.5 Å². The van der Waals surface area contributed by atoms with Gasteiger partial charge in [-0.3, -0.25) is 19.3 Å². The van der Waals surface area contributed by atoms with E-state index in [2.05, 4.69) is 4.74 Å². The number of amides is 2. The Labute approximate surface area is 98.1 Å². The van der Waals surface area contributed by atoms with Gasteiger partial charge in [0.15, 0.2) is 0 Å². The second kappa shape index (κ2) is 6.77. The molecule has 1 rings (SSSR count). The zero-order valence-electron chi connectivity index (χ0n) is 9.26. The van der Waals surface area contributed by atoms with Crippen molar-refractivity contribution in [1.29, 1.82) is 0 Å². The van der Waals surface area contributed by atoms with Crippen LogP contribution in [0.25, 0.3) is 0 Å². The van der Waals surface area contributed by atoms with E-state index in [1.165, 1.54) is 12.2 Å². The van der Waals surface area contributed by atoms with E-state index >= 15 is 0 Å². The molecule has 1 aliphatic rings. The Bertz CT molecular complexity index is 322. The Kier molecular flexibility index (Phi) is 5.31. The van der Waals surface area contributed by atoms with E-state index in [1.807, 2.05) is 0 Å². The van der Waals surface area contributed by atoms with Crippen LogP contribution in [0.1, 0.15) is 0 Å². The molecular formula is C10H14N2O5. The van der Waals surface area contributed by atoms with Gasteiger partial charge in [-0.15, -0.1) is 0 Å². The first-order valence-electron chi connectivity index (χ1n) is 5.12. The first-order chi connectivity index (χ1) is 8.15. The van der Waals surface area contributed by atoms with Gasteiger partial charge < -0.3 is 15.2 Å². The van der Waals surface area contributed by atoms with Crippen molar-refractivity contribution in [1.82, 2.24) is 4.90 Å². The summed E-state index contributed by atoms with van der Waals surface area (Å²) in [6, 6.07) is 0. The maximum Gasteiger partial charge on any atom is 0.319 e. The van der Waals surface area contributed by atoms with E-state index < -0.39 is 5.97 Å². The number of ether oxygens (including phenoxy) is 2. The van der Waals surface area contributed by atoms with Gasteiger partial charge in [-0.05, 0) is 0 Å². The molecule has 0 atom stereocenters. The predicted octanol–water partition coefficient (Wildman–Crippen LogP) is -1.57. The highest BCUT2D eigenvalue weighted by atomic mass is 16.6. The molecule has 0 spiro atoms. The molecule has 0 bridgehead atoms. The van der Waals surface area contributed by atoms with Crippen LogP contribution in [-0.4, -0.2) is 55.6 Å². The highest BCUT2D eigenvalue weighted by molar-refractivity contribution is 6.12. The first-order valence-corrected chi connectivity index (χ1v) is 5.12. The highest BCUT2D eigenvalue weighted by Crippen LogP contribution is 2.02. The van der Waals surface area contributed by atoms with Crippen molar-refractivity contribution in [3.8, 4) is 0 Å². The molecule has 94 valence electrons. The SMILES string of the molecule is NCC(=O)OCCOCCN1C(=O)C=CC1=O. The zero-order chi connectivity index (χ0) is 12.7. The molecule has 1 heterocycles. The minimum Gasteiger partial charge on any atom is -0.462 e. The first kappa shape index (κ1) is 13.3. The quantitative estimate of drug-likeness (QED) is 0.329. The maximum atomic E-state index is 11.1. The molecular weight excluding hydrogens is 228 g/mol. The second-order valence-electron chi connectivity index (χ2n) is 3.20. The summed E-state index contributed by atoms with van der Waals surface area (Å²) in [7, 11) is 0. The Hall–Kier alpha value is -1.73. The highest BCUT2D eigenvalue weighted by Gasteiger charge is 2.22. The minimum atomic E-state index is -0.498. The second-order valence-corrected chi connectivity index (χ2v) is 3.20. The molecule has 0 aromatic carbocycles. The average Bonchev–Trinajstić information content (AvgIpc) is 2.64. The van der Waals surface area contributed by atoms with Crippen LogP contribution in [0, 0.1) is 0 Å². The standard InChI is InChI=1S/C10H14N2O5/c11-7-10(15)17-6-5-16-4-3-12-8(13)1-2-9(12)14/h1-2H,3-7,11H2. The van der Waals surface area contributed by atoms with E-state index in [0.29, 0.717) is 0 Å². The molecule has 17 heavy (non-hydrogen) atoms. The Morgan fingerprint density at radius 3 is 2.41 bits per heavy atom. The monoisotopic (exact) mass is 242 g/mol. The third-order valence-corrected chi connectivity index (χ3v) is 2.02. The van der Waals surface area contributed by atoms with Crippen molar-refractivity contribution in [2.75, 3.05) is 32.9 Å². The van der Waals surface area contributed by atoms with Crippen molar-refractivity contribution >= 4 is 17.8 Å². The number of imide groups is 1. The Balaban J connectivity index is 2.03. The minimum absolute atomic E-state index is 0.107. The van der Waals surface area contributed by atoms with Crippen molar-refractivity contribution in [3.63, 3.8) is 0 Å². The predicted molar refractivity (Wildman–Crippen MR) is 56.7 cm³/mol. The lowest BCUT2D eigenvalue weighted by Crippen LogP contribution is -2.33. The molecule has 0 saturated carbocycles. The number of nitrogens with two attached hydrogens (primary N) is 1. The summed E-state index contributed by atoms with van der Waals surface area (Å²) in [5, 5.41) is 0. The number of nitrogens with zero attached hydrogens (tertiary/aromatic N) is 1. The molecule has 2 N–H and O–H groups in total. The summed E-state index contributed by atoms with van der Waals surface area (Å²) < 4.78 is 9.75. The van der Waals surface area contributed by atoms with Crippen molar-refractivity contribution in [2.45, 2.75) is 0 Å². The van der Waals surface area contributed by atoms with Gasteiger partial charge in [-0.25, -0.2) is 0 Å². The summed E-state index contributed by atoms with van der Waals surface area (Å²) in [6.07, 6.45) is 2.43. The number of esters is 1. The number of carbonyl (C=O) groups is 3. The van der Waals surface area contributed by atoms with E-state index in [1.54, 1.807) is 0 Å². The Morgan fingerprint density at radius 2 is 1.82 bits per heavy atom.